The van der Waals surface area contributed by atoms with Crippen LogP contribution in [0.2, 0.25) is 0 Å². The number of carbonyl (C=O) groups is 1. The zero-order valence-corrected chi connectivity index (χ0v) is 8.25. The molecule has 1 atom stereocenters. The third-order valence-electron chi connectivity index (χ3n) is 2.02. The topological polar surface area (TPSA) is 61.4 Å². The Morgan fingerprint density at radius 3 is 2.85 bits per heavy atom. The predicted molar refractivity (Wildman–Crippen MR) is 52.9 cm³/mol. The van der Waals surface area contributed by atoms with Gasteiger partial charge < -0.3 is 15.7 Å². The maximum absolute atomic E-state index is 8.36. The smallest absolute Gasteiger partial charge is 0.290 e. The van der Waals surface area contributed by atoms with Gasteiger partial charge in [0.25, 0.3) is 6.47 Å². The Kier molecular flexibility index (Phi) is 9.03. The summed E-state index contributed by atoms with van der Waals surface area (Å²) in [6.45, 7) is 5.55. The largest absolute Gasteiger partial charge is 0.483 e. The number of hydrogen-bond acceptors (Lipinski definition) is 3. The second-order valence-electron chi connectivity index (χ2n) is 3.10. The number of unbranched alkanes of at least 4 members (excludes halogenated alkanes) is 1. The van der Waals surface area contributed by atoms with Gasteiger partial charge in [-0.15, -0.1) is 0 Å². The first-order valence-corrected chi connectivity index (χ1v) is 4.87. The van der Waals surface area contributed by atoms with Crippen LogP contribution in [0, 0.1) is 0 Å². The van der Waals surface area contributed by atoms with Crippen molar-refractivity contribution < 1.29 is 9.90 Å². The number of carboxylic acid groups (broad SMARTS) is 1. The van der Waals surface area contributed by atoms with E-state index in [1.54, 1.807) is 0 Å². The van der Waals surface area contributed by atoms with Gasteiger partial charge in [0.2, 0.25) is 0 Å². The van der Waals surface area contributed by atoms with Crippen LogP contribution in [0.25, 0.3) is 0 Å². The van der Waals surface area contributed by atoms with Crippen LogP contribution < -0.4 is 10.6 Å². The molecule has 0 aliphatic carbocycles. The van der Waals surface area contributed by atoms with Crippen LogP contribution in [0.4, 0.5) is 0 Å². The molecule has 0 aromatic rings. The molecule has 0 amide bonds. The molecule has 1 saturated heterocycles. The van der Waals surface area contributed by atoms with E-state index >= 15 is 0 Å². The third-order valence-corrected chi connectivity index (χ3v) is 2.02. The fourth-order valence-electron chi connectivity index (χ4n) is 1.31. The summed E-state index contributed by atoms with van der Waals surface area (Å²) < 4.78 is 0. The molecule has 0 spiro atoms. The van der Waals surface area contributed by atoms with Gasteiger partial charge in [-0.25, -0.2) is 0 Å². The molecule has 1 aliphatic heterocycles. The molecule has 1 rings (SSSR count). The summed E-state index contributed by atoms with van der Waals surface area (Å²) in [4.78, 5) is 8.36. The molecule has 0 unspecified atom stereocenters. The van der Waals surface area contributed by atoms with E-state index in [1.807, 2.05) is 0 Å². The Balaban J connectivity index is 0.000000424. The number of nitrogens with one attached hydrogen (secondary N) is 2. The Bertz CT molecular complexity index is 114. The van der Waals surface area contributed by atoms with E-state index in [9.17, 15) is 0 Å². The molecule has 1 heterocycles. The molecule has 0 bridgehead atoms. The Labute approximate surface area is 79.7 Å². The minimum atomic E-state index is -0.250. The molecular weight excluding hydrogens is 168 g/mol. The lowest BCUT2D eigenvalue weighted by Gasteiger charge is -2.09. The van der Waals surface area contributed by atoms with E-state index in [4.69, 9.17) is 9.90 Å². The van der Waals surface area contributed by atoms with E-state index in [0.717, 1.165) is 6.04 Å². The van der Waals surface area contributed by atoms with E-state index in [-0.39, 0.29) is 6.47 Å². The van der Waals surface area contributed by atoms with E-state index < -0.39 is 0 Å². The van der Waals surface area contributed by atoms with Gasteiger partial charge in [-0.1, -0.05) is 13.3 Å². The van der Waals surface area contributed by atoms with Crippen LogP contribution >= 0.6 is 0 Å². The van der Waals surface area contributed by atoms with E-state index in [1.165, 1.54) is 38.9 Å². The minimum Gasteiger partial charge on any atom is -0.483 e. The molecule has 13 heavy (non-hydrogen) atoms. The van der Waals surface area contributed by atoms with Gasteiger partial charge >= 0.3 is 0 Å². The van der Waals surface area contributed by atoms with Crippen LogP contribution in [0.15, 0.2) is 0 Å². The summed E-state index contributed by atoms with van der Waals surface area (Å²) in [7, 11) is 0. The molecular formula is C9H20N2O2. The predicted octanol–water partition coefficient (Wildman–Crippen LogP) is 0.439. The van der Waals surface area contributed by atoms with Crippen molar-refractivity contribution in [3.05, 3.63) is 0 Å². The fraction of sp³-hybridized carbons (Fsp3) is 0.889. The average molecular weight is 188 g/mol. The minimum absolute atomic E-state index is 0.250. The fourth-order valence-corrected chi connectivity index (χ4v) is 1.31. The van der Waals surface area contributed by atoms with Crippen molar-refractivity contribution in [1.82, 2.24) is 10.6 Å². The van der Waals surface area contributed by atoms with Crippen molar-refractivity contribution >= 4 is 6.47 Å². The summed E-state index contributed by atoms with van der Waals surface area (Å²) >= 11 is 0. The summed E-state index contributed by atoms with van der Waals surface area (Å²) in [5.74, 6) is 0. The summed E-state index contributed by atoms with van der Waals surface area (Å²) in [6.07, 6.45) is 3.92. The van der Waals surface area contributed by atoms with Crippen LogP contribution in [0.1, 0.15) is 26.2 Å². The van der Waals surface area contributed by atoms with Gasteiger partial charge in [0.15, 0.2) is 0 Å². The highest BCUT2D eigenvalue weighted by Crippen LogP contribution is 1.96. The van der Waals surface area contributed by atoms with Gasteiger partial charge in [-0.05, 0) is 25.9 Å². The Hall–Kier alpha value is -0.610. The molecule has 1 fully saturated rings. The summed E-state index contributed by atoms with van der Waals surface area (Å²) in [5.41, 5.74) is 0. The first-order valence-electron chi connectivity index (χ1n) is 4.87. The summed E-state index contributed by atoms with van der Waals surface area (Å²) in [5, 5.41) is 13.7. The van der Waals surface area contributed by atoms with Crippen molar-refractivity contribution in [1.29, 1.82) is 0 Å². The molecule has 3 N–H and O–H groups in total. The zero-order chi connectivity index (χ0) is 9.94. The SMILES string of the molecule is CCCCN[C@H]1CCNC1.O=CO. The molecule has 0 aromatic heterocycles. The van der Waals surface area contributed by atoms with Crippen LogP contribution in [-0.2, 0) is 4.79 Å². The van der Waals surface area contributed by atoms with Crippen LogP contribution in [0.3, 0.4) is 0 Å². The van der Waals surface area contributed by atoms with Crippen molar-refractivity contribution in [2.24, 2.45) is 0 Å². The molecule has 0 radical (unpaired) electrons. The summed E-state index contributed by atoms with van der Waals surface area (Å²) in [6, 6.07) is 0.756. The number of hydrogen-bond donors (Lipinski definition) is 3. The van der Waals surface area contributed by atoms with Gasteiger partial charge in [-0.3, -0.25) is 4.79 Å². The Morgan fingerprint density at radius 2 is 2.38 bits per heavy atom. The standard InChI is InChI=1S/C8H18N2.CH2O2/c1-2-3-5-10-8-4-6-9-7-8;2-1-3/h8-10H,2-7H2,1H3;1H,(H,2,3)/t8-;/m0./s1. The highest BCUT2D eigenvalue weighted by Gasteiger charge is 2.11. The van der Waals surface area contributed by atoms with Crippen molar-refractivity contribution in [2.75, 3.05) is 19.6 Å². The van der Waals surface area contributed by atoms with Gasteiger partial charge in [-0.2, -0.15) is 0 Å². The van der Waals surface area contributed by atoms with E-state index in [2.05, 4.69) is 17.6 Å². The maximum atomic E-state index is 8.36. The quantitative estimate of drug-likeness (QED) is 0.442. The zero-order valence-electron chi connectivity index (χ0n) is 8.25. The second kappa shape index (κ2) is 9.48. The monoisotopic (exact) mass is 188 g/mol. The van der Waals surface area contributed by atoms with Gasteiger partial charge in [0, 0.05) is 12.6 Å². The van der Waals surface area contributed by atoms with Crippen LogP contribution in [-0.4, -0.2) is 37.3 Å². The average Bonchev–Trinajstić information content (AvgIpc) is 2.59. The number of rotatable bonds is 4. The van der Waals surface area contributed by atoms with Gasteiger partial charge in [0.1, 0.15) is 0 Å². The molecule has 0 saturated carbocycles. The normalized spacial score (nSPS) is 20.5. The highest BCUT2D eigenvalue weighted by molar-refractivity contribution is 5.32. The maximum Gasteiger partial charge on any atom is 0.290 e. The Morgan fingerprint density at radius 1 is 1.69 bits per heavy atom. The molecule has 1 aliphatic rings. The molecule has 4 nitrogen and oxygen atoms in total. The third kappa shape index (κ3) is 7.74. The molecule has 4 heteroatoms. The lowest BCUT2D eigenvalue weighted by Crippen LogP contribution is -2.31. The van der Waals surface area contributed by atoms with E-state index in [0.29, 0.717) is 0 Å². The highest BCUT2D eigenvalue weighted by atomic mass is 16.3. The van der Waals surface area contributed by atoms with Gasteiger partial charge in [0.05, 0.1) is 0 Å². The second-order valence-corrected chi connectivity index (χ2v) is 3.10. The first kappa shape index (κ1) is 12.4. The molecule has 78 valence electrons. The first-order chi connectivity index (χ1) is 6.35. The lowest BCUT2D eigenvalue weighted by molar-refractivity contribution is -0.122. The molecule has 0 aromatic carbocycles. The lowest BCUT2D eigenvalue weighted by atomic mass is 10.2. The van der Waals surface area contributed by atoms with Crippen molar-refractivity contribution in [2.45, 2.75) is 32.2 Å². The van der Waals surface area contributed by atoms with Crippen LogP contribution in [0.5, 0.6) is 0 Å². The van der Waals surface area contributed by atoms with Crippen molar-refractivity contribution in [3.63, 3.8) is 0 Å². The van der Waals surface area contributed by atoms with Crippen molar-refractivity contribution in [3.8, 4) is 0 Å².